The molecule has 0 bridgehead atoms. The molecule has 0 fully saturated rings. The normalized spacial score (nSPS) is 20.0. The molecule has 0 amide bonds. The molecule has 0 radical (unpaired) electrons. The number of benzene rings is 1. The average Bonchev–Trinajstić information content (AvgIpc) is 2.48. The van der Waals surface area contributed by atoms with Crippen molar-refractivity contribution in [3.05, 3.63) is 34.9 Å². The zero-order chi connectivity index (χ0) is 9.42. The van der Waals surface area contributed by atoms with Gasteiger partial charge < -0.3 is 0 Å². The van der Waals surface area contributed by atoms with Gasteiger partial charge in [0.25, 0.3) is 0 Å². The van der Waals surface area contributed by atoms with Crippen LogP contribution in [0.2, 0.25) is 0 Å². The Morgan fingerprint density at radius 2 is 2.23 bits per heavy atom. The molecule has 1 atom stereocenters. The second kappa shape index (κ2) is 2.99. The predicted molar refractivity (Wildman–Crippen MR) is 52.9 cm³/mol. The number of carbonyl (C=O) groups is 1. The minimum Gasteiger partial charge on any atom is -0.299 e. The van der Waals surface area contributed by atoms with Crippen molar-refractivity contribution in [3.8, 4) is 0 Å². The van der Waals surface area contributed by atoms with Crippen molar-refractivity contribution in [3.63, 3.8) is 0 Å². The molecule has 0 N–H and O–H groups in total. The van der Waals surface area contributed by atoms with Crippen molar-refractivity contribution >= 4 is 5.78 Å². The van der Waals surface area contributed by atoms with Gasteiger partial charge in [0.05, 0.1) is 0 Å². The van der Waals surface area contributed by atoms with Gasteiger partial charge in [-0.2, -0.15) is 0 Å². The molecule has 0 saturated heterocycles. The first-order chi connectivity index (χ1) is 6.20. The lowest BCUT2D eigenvalue weighted by molar-refractivity contribution is -0.118. The van der Waals surface area contributed by atoms with E-state index in [4.69, 9.17) is 0 Å². The smallest absolute Gasteiger partial charge is 0.137 e. The number of hydrogen-bond acceptors (Lipinski definition) is 1. The largest absolute Gasteiger partial charge is 0.299 e. The predicted octanol–water partition coefficient (Wildman–Crippen LogP) is 2.61. The number of rotatable bonds is 1. The highest BCUT2D eigenvalue weighted by atomic mass is 16.1. The van der Waals surface area contributed by atoms with E-state index in [-0.39, 0.29) is 5.92 Å². The lowest BCUT2D eigenvalue weighted by atomic mass is 9.96. The Labute approximate surface area is 78.8 Å². The van der Waals surface area contributed by atoms with Gasteiger partial charge in [-0.05, 0) is 43.4 Å². The second-order valence-electron chi connectivity index (χ2n) is 3.84. The van der Waals surface area contributed by atoms with Crippen molar-refractivity contribution in [1.29, 1.82) is 0 Å². The van der Waals surface area contributed by atoms with E-state index in [0.717, 1.165) is 12.8 Å². The van der Waals surface area contributed by atoms with Crippen LogP contribution in [-0.4, -0.2) is 5.78 Å². The van der Waals surface area contributed by atoms with Crippen LogP contribution < -0.4 is 0 Å². The van der Waals surface area contributed by atoms with Crippen LogP contribution in [0.25, 0.3) is 0 Å². The van der Waals surface area contributed by atoms with Gasteiger partial charge in [-0.25, -0.2) is 0 Å². The third-order valence-electron chi connectivity index (χ3n) is 3.00. The van der Waals surface area contributed by atoms with Crippen LogP contribution in [-0.2, 0) is 11.2 Å². The Bertz CT molecular complexity index is 352. The first kappa shape index (κ1) is 8.49. The van der Waals surface area contributed by atoms with Crippen molar-refractivity contribution in [1.82, 2.24) is 0 Å². The summed E-state index contributed by atoms with van der Waals surface area (Å²) < 4.78 is 0. The Morgan fingerprint density at radius 1 is 1.46 bits per heavy atom. The van der Waals surface area contributed by atoms with E-state index in [1.165, 1.54) is 16.7 Å². The monoisotopic (exact) mass is 174 g/mol. The molecular weight excluding hydrogens is 160 g/mol. The summed E-state index contributed by atoms with van der Waals surface area (Å²) in [7, 11) is 0. The van der Waals surface area contributed by atoms with Gasteiger partial charge in [0.15, 0.2) is 0 Å². The molecule has 1 aromatic carbocycles. The summed E-state index contributed by atoms with van der Waals surface area (Å²) in [6.07, 6.45) is 2.09. The molecule has 1 nitrogen and oxygen atoms in total. The van der Waals surface area contributed by atoms with Crippen LogP contribution in [0.4, 0.5) is 0 Å². The molecule has 13 heavy (non-hydrogen) atoms. The Hall–Kier alpha value is -1.11. The summed E-state index contributed by atoms with van der Waals surface area (Å²) in [4.78, 5) is 11.3. The summed E-state index contributed by atoms with van der Waals surface area (Å²) in [6.45, 7) is 3.82. The molecule has 1 aliphatic carbocycles. The molecule has 0 spiro atoms. The minimum absolute atomic E-state index is 0.176. The zero-order valence-corrected chi connectivity index (χ0v) is 8.13. The third kappa shape index (κ3) is 1.28. The van der Waals surface area contributed by atoms with Crippen LogP contribution >= 0.6 is 0 Å². The highest BCUT2D eigenvalue weighted by Gasteiger charge is 2.26. The lowest BCUT2D eigenvalue weighted by Crippen LogP contribution is -2.04. The van der Waals surface area contributed by atoms with Crippen molar-refractivity contribution in [2.24, 2.45) is 0 Å². The van der Waals surface area contributed by atoms with Gasteiger partial charge in [-0.3, -0.25) is 4.79 Å². The van der Waals surface area contributed by atoms with Crippen LogP contribution in [0.5, 0.6) is 0 Å². The summed E-state index contributed by atoms with van der Waals surface area (Å²) in [6, 6.07) is 6.28. The first-order valence-electron chi connectivity index (χ1n) is 4.79. The van der Waals surface area contributed by atoms with Gasteiger partial charge in [-0.1, -0.05) is 18.2 Å². The molecule has 0 aliphatic heterocycles. The number of ketones is 1. The first-order valence-corrected chi connectivity index (χ1v) is 4.79. The van der Waals surface area contributed by atoms with Crippen molar-refractivity contribution < 1.29 is 4.79 Å². The molecule has 0 saturated carbocycles. The van der Waals surface area contributed by atoms with Gasteiger partial charge in [0.2, 0.25) is 0 Å². The fraction of sp³-hybridized carbons (Fsp3) is 0.417. The molecule has 1 heteroatoms. The van der Waals surface area contributed by atoms with Crippen LogP contribution in [0.15, 0.2) is 18.2 Å². The quantitative estimate of drug-likeness (QED) is 0.639. The van der Waals surface area contributed by atoms with Gasteiger partial charge >= 0.3 is 0 Å². The fourth-order valence-electron chi connectivity index (χ4n) is 2.26. The van der Waals surface area contributed by atoms with Gasteiger partial charge in [0.1, 0.15) is 5.78 Å². The van der Waals surface area contributed by atoms with E-state index in [1.54, 1.807) is 6.92 Å². The number of aryl methyl sites for hydroxylation is 1. The third-order valence-corrected chi connectivity index (χ3v) is 3.00. The lowest BCUT2D eigenvalue weighted by Gasteiger charge is -2.07. The number of fused-ring (bicyclic) bond motifs is 1. The molecule has 68 valence electrons. The van der Waals surface area contributed by atoms with Crippen LogP contribution in [0.3, 0.4) is 0 Å². The molecule has 0 aromatic heterocycles. The molecule has 1 unspecified atom stereocenters. The minimum atomic E-state index is 0.176. The van der Waals surface area contributed by atoms with Crippen molar-refractivity contribution in [2.75, 3.05) is 0 Å². The Kier molecular flexibility index (Phi) is 1.95. The summed E-state index contributed by atoms with van der Waals surface area (Å²) in [5.41, 5.74) is 4.01. The van der Waals surface area contributed by atoms with Gasteiger partial charge in [-0.15, -0.1) is 0 Å². The topological polar surface area (TPSA) is 17.1 Å². The van der Waals surface area contributed by atoms with E-state index in [2.05, 4.69) is 25.1 Å². The fourth-order valence-corrected chi connectivity index (χ4v) is 2.26. The van der Waals surface area contributed by atoms with E-state index >= 15 is 0 Å². The van der Waals surface area contributed by atoms with E-state index in [9.17, 15) is 4.79 Å². The highest BCUT2D eigenvalue weighted by Crippen LogP contribution is 2.35. The molecule has 2 rings (SSSR count). The highest BCUT2D eigenvalue weighted by molar-refractivity contribution is 5.84. The standard InChI is InChI=1S/C12H14O/c1-8-4-3-5-12-10(8)6-7-11(12)9(2)13/h3-5,11H,6-7H2,1-2H3. The summed E-state index contributed by atoms with van der Waals surface area (Å²) >= 11 is 0. The maximum absolute atomic E-state index is 11.3. The number of carbonyl (C=O) groups excluding carboxylic acids is 1. The van der Waals surface area contributed by atoms with E-state index < -0.39 is 0 Å². The van der Waals surface area contributed by atoms with E-state index in [0.29, 0.717) is 5.78 Å². The molecule has 1 aromatic rings. The zero-order valence-electron chi connectivity index (χ0n) is 8.13. The maximum atomic E-state index is 11.3. The summed E-state index contributed by atoms with van der Waals surface area (Å²) in [5.74, 6) is 0.485. The second-order valence-corrected chi connectivity index (χ2v) is 3.84. The SMILES string of the molecule is CC(=O)C1CCc2c(C)cccc21. The average molecular weight is 174 g/mol. The molecule has 0 heterocycles. The Balaban J connectivity index is 2.49. The van der Waals surface area contributed by atoms with Crippen molar-refractivity contribution in [2.45, 2.75) is 32.6 Å². The van der Waals surface area contributed by atoms with Crippen LogP contribution in [0, 0.1) is 6.92 Å². The molecule has 1 aliphatic rings. The summed E-state index contributed by atoms with van der Waals surface area (Å²) in [5, 5.41) is 0. The number of hydrogen-bond donors (Lipinski definition) is 0. The van der Waals surface area contributed by atoms with E-state index in [1.807, 2.05) is 0 Å². The maximum Gasteiger partial charge on any atom is 0.137 e. The van der Waals surface area contributed by atoms with Gasteiger partial charge in [0, 0.05) is 5.92 Å². The van der Waals surface area contributed by atoms with Crippen LogP contribution in [0.1, 0.15) is 36.0 Å². The number of Topliss-reactive ketones (excluding diaryl/α,β-unsaturated/α-hetero) is 1. The Morgan fingerprint density at radius 3 is 2.92 bits per heavy atom. The molecular formula is C12H14O.